The molecule has 1 aromatic heterocycles. The van der Waals surface area contributed by atoms with Crippen LogP contribution in [0.1, 0.15) is 27.8 Å². The van der Waals surface area contributed by atoms with Crippen LogP contribution in [0.3, 0.4) is 0 Å². The van der Waals surface area contributed by atoms with Gasteiger partial charge in [-0.15, -0.1) is 0 Å². The van der Waals surface area contributed by atoms with E-state index in [1.165, 1.54) is 5.56 Å². The Labute approximate surface area is 197 Å². The summed E-state index contributed by atoms with van der Waals surface area (Å²) in [7, 11) is 0. The maximum absolute atomic E-state index is 12.6. The van der Waals surface area contributed by atoms with Crippen LogP contribution in [0.4, 0.5) is 0 Å². The fraction of sp³-hybridized carbons (Fsp3) is 0.107. The van der Waals surface area contributed by atoms with Gasteiger partial charge < -0.3 is 4.74 Å². The Balaban J connectivity index is 1.59. The van der Waals surface area contributed by atoms with Crippen LogP contribution in [0.25, 0.3) is 17.0 Å². The Morgan fingerprint density at radius 1 is 0.818 bits per heavy atom. The van der Waals surface area contributed by atoms with E-state index in [1.807, 2.05) is 37.3 Å². The molecule has 0 radical (unpaired) electrons. The Bertz CT molecular complexity index is 1440. The summed E-state index contributed by atoms with van der Waals surface area (Å²) in [6, 6.07) is 24.3. The summed E-state index contributed by atoms with van der Waals surface area (Å²) in [4.78, 5) is 23.1. The van der Waals surface area contributed by atoms with Crippen LogP contribution < -0.4 is 0 Å². The van der Waals surface area contributed by atoms with Crippen LogP contribution in [0.2, 0.25) is 0 Å². The van der Waals surface area contributed by atoms with Gasteiger partial charge in [-0.05, 0) is 68.8 Å². The summed E-state index contributed by atoms with van der Waals surface area (Å²) in [6.07, 6.45) is 1.77. The maximum atomic E-state index is 12.6. The predicted molar refractivity (Wildman–Crippen MR) is 134 cm³/mol. The number of hydrogen-bond donors (Lipinski definition) is 0. The number of ether oxygens (including phenoxy) is 1. The molecule has 0 atom stereocenters. The normalized spacial score (nSPS) is 14.6. The molecule has 0 aliphatic carbocycles. The minimum atomic E-state index is -0.458. The first-order valence-electron chi connectivity index (χ1n) is 10.7. The first kappa shape index (κ1) is 21.2. The number of rotatable bonds is 4. The number of carbonyl (C=O) groups excluding carboxylic acids is 1. The standard InChI is InChI=1S/C28H22N2O2S/c1-17-4-9-20(10-5-17)26-29-25(28(31)32-26)16-22-15-21-11-6-19(3)14-24(21)30-27(22)33-23-12-7-18(2)8-13-23/h4-16H,1-3H3. The third-order valence-electron chi connectivity index (χ3n) is 5.41. The van der Waals surface area contributed by atoms with Crippen molar-refractivity contribution in [3.63, 3.8) is 0 Å². The summed E-state index contributed by atoms with van der Waals surface area (Å²) >= 11 is 1.57. The Morgan fingerprint density at radius 2 is 1.48 bits per heavy atom. The largest absolute Gasteiger partial charge is 0.402 e. The molecule has 3 aromatic carbocycles. The second-order valence-electron chi connectivity index (χ2n) is 8.20. The van der Waals surface area contributed by atoms with Gasteiger partial charge in [-0.25, -0.2) is 14.8 Å². The van der Waals surface area contributed by atoms with E-state index in [0.717, 1.165) is 43.1 Å². The molecule has 0 fully saturated rings. The zero-order chi connectivity index (χ0) is 22.9. The highest BCUT2D eigenvalue weighted by molar-refractivity contribution is 7.99. The van der Waals surface area contributed by atoms with E-state index in [-0.39, 0.29) is 5.70 Å². The van der Waals surface area contributed by atoms with Crippen molar-refractivity contribution in [2.75, 3.05) is 0 Å². The lowest BCUT2D eigenvalue weighted by Gasteiger charge is -2.09. The van der Waals surface area contributed by atoms with Gasteiger partial charge in [0.2, 0.25) is 5.90 Å². The van der Waals surface area contributed by atoms with Crippen LogP contribution >= 0.6 is 11.8 Å². The third kappa shape index (κ3) is 4.59. The zero-order valence-corrected chi connectivity index (χ0v) is 19.4. The predicted octanol–water partition coefficient (Wildman–Crippen LogP) is 6.66. The number of aliphatic imine (C=N–C) groups is 1. The van der Waals surface area contributed by atoms with Crippen molar-refractivity contribution in [3.05, 3.63) is 106 Å². The molecule has 2 heterocycles. The quantitative estimate of drug-likeness (QED) is 0.258. The van der Waals surface area contributed by atoms with E-state index in [0.29, 0.717) is 5.90 Å². The molecule has 5 heteroatoms. The van der Waals surface area contributed by atoms with Crippen LogP contribution in [-0.2, 0) is 9.53 Å². The number of fused-ring (bicyclic) bond motifs is 1. The van der Waals surface area contributed by atoms with E-state index in [2.05, 4.69) is 61.3 Å². The fourth-order valence-electron chi connectivity index (χ4n) is 3.55. The van der Waals surface area contributed by atoms with Gasteiger partial charge in [-0.1, -0.05) is 59.3 Å². The molecule has 4 nitrogen and oxygen atoms in total. The van der Waals surface area contributed by atoms with Crippen LogP contribution in [0.15, 0.2) is 93.4 Å². The summed E-state index contributed by atoms with van der Waals surface area (Å²) in [5, 5.41) is 1.83. The molecule has 0 saturated heterocycles. The third-order valence-corrected chi connectivity index (χ3v) is 6.44. The molecule has 0 N–H and O–H groups in total. The van der Waals surface area contributed by atoms with Gasteiger partial charge in [0.25, 0.3) is 0 Å². The molecular formula is C28H22N2O2S. The van der Waals surface area contributed by atoms with Gasteiger partial charge in [-0.2, -0.15) is 0 Å². The zero-order valence-electron chi connectivity index (χ0n) is 18.6. The number of esters is 1. The summed E-state index contributed by atoms with van der Waals surface area (Å²) in [6.45, 7) is 6.13. The SMILES string of the molecule is Cc1ccc(Sc2nc3cc(C)ccc3cc2C=C2N=C(c3ccc(C)cc3)OC2=O)cc1. The van der Waals surface area contributed by atoms with Crippen LogP contribution in [0.5, 0.6) is 0 Å². The van der Waals surface area contributed by atoms with E-state index in [9.17, 15) is 4.79 Å². The Kier molecular flexibility index (Phi) is 5.56. The number of aryl methyl sites for hydroxylation is 3. The lowest BCUT2D eigenvalue weighted by Crippen LogP contribution is -2.05. The molecule has 0 spiro atoms. The first-order valence-corrected chi connectivity index (χ1v) is 11.5. The van der Waals surface area contributed by atoms with Crippen molar-refractivity contribution in [1.29, 1.82) is 0 Å². The van der Waals surface area contributed by atoms with Gasteiger partial charge in [-0.3, -0.25) is 0 Å². The van der Waals surface area contributed by atoms with Crippen LogP contribution in [-0.4, -0.2) is 16.9 Å². The van der Waals surface area contributed by atoms with Crippen LogP contribution in [0, 0.1) is 20.8 Å². The van der Waals surface area contributed by atoms with E-state index in [4.69, 9.17) is 9.72 Å². The minimum absolute atomic E-state index is 0.268. The fourth-order valence-corrected chi connectivity index (χ4v) is 4.43. The molecule has 0 saturated carbocycles. The van der Waals surface area contributed by atoms with E-state index in [1.54, 1.807) is 17.8 Å². The number of aromatic nitrogens is 1. The second-order valence-corrected chi connectivity index (χ2v) is 9.26. The number of nitrogens with zero attached hydrogens (tertiary/aromatic N) is 2. The maximum Gasteiger partial charge on any atom is 0.363 e. The topological polar surface area (TPSA) is 51.6 Å². The summed E-state index contributed by atoms with van der Waals surface area (Å²) in [5.74, 6) is -0.135. The highest BCUT2D eigenvalue weighted by Gasteiger charge is 2.24. The molecule has 0 bridgehead atoms. The van der Waals surface area contributed by atoms with Crippen molar-refractivity contribution < 1.29 is 9.53 Å². The minimum Gasteiger partial charge on any atom is -0.402 e. The smallest absolute Gasteiger partial charge is 0.363 e. The highest BCUT2D eigenvalue weighted by atomic mass is 32.2. The molecule has 1 aliphatic rings. The molecule has 1 aliphatic heterocycles. The summed E-state index contributed by atoms with van der Waals surface area (Å²) in [5.41, 5.74) is 6.29. The molecule has 162 valence electrons. The molecule has 33 heavy (non-hydrogen) atoms. The van der Waals surface area contributed by atoms with E-state index < -0.39 is 5.97 Å². The lowest BCUT2D eigenvalue weighted by molar-refractivity contribution is -0.129. The number of benzene rings is 3. The first-order chi connectivity index (χ1) is 15.9. The lowest BCUT2D eigenvalue weighted by atomic mass is 10.1. The number of pyridine rings is 1. The Morgan fingerprint density at radius 3 is 2.21 bits per heavy atom. The molecule has 0 amide bonds. The molecular weight excluding hydrogens is 428 g/mol. The van der Waals surface area contributed by atoms with Gasteiger partial charge in [0.05, 0.1) is 5.52 Å². The van der Waals surface area contributed by atoms with Crippen molar-refractivity contribution in [2.24, 2.45) is 4.99 Å². The monoisotopic (exact) mass is 450 g/mol. The average molecular weight is 451 g/mol. The number of carbonyl (C=O) groups is 1. The highest BCUT2D eigenvalue weighted by Crippen LogP contribution is 2.33. The second kappa shape index (κ2) is 8.68. The van der Waals surface area contributed by atoms with E-state index >= 15 is 0 Å². The average Bonchev–Trinajstić information content (AvgIpc) is 3.16. The Hall–Kier alpha value is -3.70. The van der Waals surface area contributed by atoms with Crippen molar-refractivity contribution >= 4 is 40.6 Å². The van der Waals surface area contributed by atoms with Crippen molar-refractivity contribution in [1.82, 2.24) is 4.98 Å². The molecule has 5 rings (SSSR count). The van der Waals surface area contributed by atoms with Crippen molar-refractivity contribution in [3.8, 4) is 0 Å². The van der Waals surface area contributed by atoms with Gasteiger partial charge in [0, 0.05) is 21.4 Å². The molecule has 4 aromatic rings. The number of hydrogen-bond acceptors (Lipinski definition) is 5. The summed E-state index contributed by atoms with van der Waals surface area (Å²) < 4.78 is 5.46. The van der Waals surface area contributed by atoms with Gasteiger partial charge in [0.1, 0.15) is 5.03 Å². The van der Waals surface area contributed by atoms with Crippen molar-refractivity contribution in [2.45, 2.75) is 30.7 Å². The van der Waals surface area contributed by atoms with Gasteiger partial charge >= 0.3 is 5.97 Å². The van der Waals surface area contributed by atoms with Gasteiger partial charge in [0.15, 0.2) is 5.70 Å². The number of cyclic esters (lactones) is 1. The molecule has 0 unspecified atom stereocenters.